The van der Waals surface area contributed by atoms with Crippen molar-refractivity contribution < 1.29 is 4.39 Å². The second-order valence-corrected chi connectivity index (χ2v) is 9.66. The lowest BCUT2D eigenvalue weighted by molar-refractivity contribution is 0.180. The summed E-state index contributed by atoms with van der Waals surface area (Å²) in [5.74, 6) is -0.236. The van der Waals surface area contributed by atoms with Crippen molar-refractivity contribution in [3.8, 4) is 22.3 Å². The fraction of sp³-hybridized carbons (Fsp3) is 0.321. The lowest BCUT2D eigenvalue weighted by Gasteiger charge is -2.31. The normalized spacial score (nSPS) is 15.2. The van der Waals surface area contributed by atoms with Gasteiger partial charge in [-0.2, -0.15) is 10.2 Å². The molecular formula is C28H30FN7. The van der Waals surface area contributed by atoms with Gasteiger partial charge in [-0.25, -0.2) is 9.37 Å². The zero-order chi connectivity index (χ0) is 24.5. The fourth-order valence-corrected chi connectivity index (χ4v) is 5.22. The number of hydrogen-bond donors (Lipinski definition) is 1. The maximum absolute atomic E-state index is 13.6. The van der Waals surface area contributed by atoms with E-state index in [0.29, 0.717) is 12.6 Å². The van der Waals surface area contributed by atoms with E-state index in [2.05, 4.69) is 43.8 Å². The summed E-state index contributed by atoms with van der Waals surface area (Å²) in [6.45, 7) is 6.22. The molecule has 1 saturated heterocycles. The van der Waals surface area contributed by atoms with Crippen LogP contribution in [0.5, 0.6) is 0 Å². The first-order valence-electron chi connectivity index (χ1n) is 12.7. The highest BCUT2D eigenvalue weighted by atomic mass is 19.1. The Morgan fingerprint density at radius 2 is 1.86 bits per heavy atom. The Balaban J connectivity index is 1.22. The van der Waals surface area contributed by atoms with E-state index in [0.717, 1.165) is 64.8 Å². The van der Waals surface area contributed by atoms with Crippen molar-refractivity contribution in [3.63, 3.8) is 0 Å². The Morgan fingerprint density at radius 1 is 1.00 bits per heavy atom. The van der Waals surface area contributed by atoms with Crippen LogP contribution in [0.3, 0.4) is 0 Å². The lowest BCUT2D eigenvalue weighted by Crippen LogP contribution is -2.35. The summed E-state index contributed by atoms with van der Waals surface area (Å²) < 4.78 is 17.5. The maximum atomic E-state index is 13.6. The molecule has 7 nitrogen and oxygen atoms in total. The average Bonchev–Trinajstić information content (AvgIpc) is 3.64. The van der Waals surface area contributed by atoms with E-state index in [-0.39, 0.29) is 5.82 Å². The zero-order valence-corrected chi connectivity index (χ0v) is 20.4. The summed E-state index contributed by atoms with van der Waals surface area (Å²) in [5.41, 5.74) is 5.87. The van der Waals surface area contributed by atoms with E-state index in [9.17, 15) is 4.39 Å². The number of fused-ring (bicyclic) bond motifs is 1. The number of piperidine rings is 1. The van der Waals surface area contributed by atoms with Gasteiger partial charge >= 0.3 is 0 Å². The van der Waals surface area contributed by atoms with Crippen molar-refractivity contribution in [1.82, 2.24) is 34.4 Å². The van der Waals surface area contributed by atoms with Gasteiger partial charge in [0.05, 0.1) is 25.0 Å². The fourth-order valence-electron chi connectivity index (χ4n) is 5.22. The highest BCUT2D eigenvalue weighted by molar-refractivity contribution is 5.95. The van der Waals surface area contributed by atoms with E-state index < -0.39 is 0 Å². The molecule has 1 aliphatic rings. The van der Waals surface area contributed by atoms with Crippen LogP contribution in [0.15, 0.2) is 67.5 Å². The molecule has 1 aromatic carbocycles. The summed E-state index contributed by atoms with van der Waals surface area (Å²) in [7, 11) is 0. The summed E-state index contributed by atoms with van der Waals surface area (Å²) >= 11 is 0. The minimum atomic E-state index is -0.236. The summed E-state index contributed by atoms with van der Waals surface area (Å²) in [4.78, 5) is 10.5. The lowest BCUT2D eigenvalue weighted by atomic mass is 10.0. The second-order valence-electron chi connectivity index (χ2n) is 9.66. The SMILES string of the molecule is CCCN1CCC(n2cc(-c3cnc4[nH]cc(-c5cnn(Cc6cccc(F)c6)c5)c4c3)cn2)CC1. The van der Waals surface area contributed by atoms with Crippen molar-refractivity contribution in [1.29, 1.82) is 0 Å². The van der Waals surface area contributed by atoms with Crippen LogP contribution in [-0.4, -0.2) is 54.1 Å². The van der Waals surface area contributed by atoms with Gasteiger partial charge in [0.1, 0.15) is 11.5 Å². The Morgan fingerprint density at radius 3 is 2.69 bits per heavy atom. The monoisotopic (exact) mass is 483 g/mol. The van der Waals surface area contributed by atoms with Crippen LogP contribution < -0.4 is 0 Å². The Hall–Kier alpha value is -3.78. The quantitative estimate of drug-likeness (QED) is 0.331. The van der Waals surface area contributed by atoms with E-state index in [4.69, 9.17) is 5.10 Å². The number of halogens is 1. The van der Waals surface area contributed by atoms with Gasteiger partial charge in [-0.3, -0.25) is 9.36 Å². The molecule has 184 valence electrons. The van der Waals surface area contributed by atoms with Crippen molar-refractivity contribution in [2.45, 2.75) is 38.8 Å². The second kappa shape index (κ2) is 9.70. The standard InChI is InChI=1S/C28H30FN7/c1-2-8-34-9-6-25(7-10-34)36-19-22(14-33-36)21-12-26-27(16-31-28(26)30-13-21)23-15-32-35(18-23)17-20-4-3-5-24(29)11-20/h3-5,11-16,18-19,25H,2,6-10,17H2,1H3,(H,30,31). The van der Waals surface area contributed by atoms with Crippen LogP contribution in [0.2, 0.25) is 0 Å². The van der Waals surface area contributed by atoms with E-state index in [1.54, 1.807) is 6.07 Å². The Labute approximate surface area is 209 Å². The zero-order valence-electron chi connectivity index (χ0n) is 20.4. The molecule has 0 bridgehead atoms. The molecule has 36 heavy (non-hydrogen) atoms. The number of pyridine rings is 1. The van der Waals surface area contributed by atoms with Crippen molar-refractivity contribution >= 4 is 11.0 Å². The molecule has 0 saturated carbocycles. The summed E-state index contributed by atoms with van der Waals surface area (Å²) in [6, 6.07) is 9.24. The largest absolute Gasteiger partial charge is 0.346 e. The highest BCUT2D eigenvalue weighted by Gasteiger charge is 2.21. The minimum Gasteiger partial charge on any atom is -0.346 e. The first-order chi connectivity index (χ1) is 17.7. The summed E-state index contributed by atoms with van der Waals surface area (Å²) in [5, 5.41) is 10.2. The summed E-state index contributed by atoms with van der Waals surface area (Å²) in [6.07, 6.45) is 15.3. The predicted octanol–water partition coefficient (Wildman–Crippen LogP) is 5.52. The first-order valence-corrected chi connectivity index (χ1v) is 12.7. The maximum Gasteiger partial charge on any atom is 0.137 e. The molecule has 1 N–H and O–H groups in total. The van der Waals surface area contributed by atoms with Crippen molar-refractivity contribution in [2.75, 3.05) is 19.6 Å². The molecule has 5 aromatic rings. The molecule has 0 radical (unpaired) electrons. The van der Waals surface area contributed by atoms with Crippen LogP contribution in [0, 0.1) is 5.82 Å². The smallest absolute Gasteiger partial charge is 0.137 e. The Kier molecular flexibility index (Phi) is 6.11. The number of H-pyrrole nitrogens is 1. The van der Waals surface area contributed by atoms with E-state index >= 15 is 0 Å². The van der Waals surface area contributed by atoms with Crippen LogP contribution in [0.25, 0.3) is 33.3 Å². The molecule has 6 rings (SSSR count). The first kappa shape index (κ1) is 22.7. The molecule has 4 aromatic heterocycles. The van der Waals surface area contributed by atoms with Gasteiger partial charge in [0, 0.05) is 65.5 Å². The average molecular weight is 484 g/mol. The molecule has 1 aliphatic heterocycles. The number of rotatable bonds is 7. The van der Waals surface area contributed by atoms with Gasteiger partial charge < -0.3 is 9.88 Å². The number of benzene rings is 1. The van der Waals surface area contributed by atoms with Crippen LogP contribution in [-0.2, 0) is 6.54 Å². The van der Waals surface area contributed by atoms with Crippen LogP contribution in [0.1, 0.15) is 37.8 Å². The van der Waals surface area contributed by atoms with Crippen LogP contribution in [0.4, 0.5) is 4.39 Å². The van der Waals surface area contributed by atoms with Crippen molar-refractivity contribution in [3.05, 3.63) is 78.9 Å². The van der Waals surface area contributed by atoms with E-state index in [1.165, 1.54) is 25.1 Å². The van der Waals surface area contributed by atoms with Gasteiger partial charge in [0.2, 0.25) is 0 Å². The molecular weight excluding hydrogens is 453 g/mol. The number of aromatic amines is 1. The van der Waals surface area contributed by atoms with Crippen LogP contribution >= 0.6 is 0 Å². The van der Waals surface area contributed by atoms with Crippen molar-refractivity contribution in [2.24, 2.45) is 0 Å². The molecule has 1 fully saturated rings. The molecule has 8 heteroatoms. The third kappa shape index (κ3) is 4.56. The number of nitrogens with zero attached hydrogens (tertiary/aromatic N) is 6. The van der Waals surface area contributed by atoms with Gasteiger partial charge in [0.15, 0.2) is 0 Å². The number of hydrogen-bond acceptors (Lipinski definition) is 4. The molecule has 0 unspecified atom stereocenters. The van der Waals surface area contributed by atoms with Gasteiger partial charge in [-0.15, -0.1) is 0 Å². The molecule has 0 amide bonds. The van der Waals surface area contributed by atoms with Gasteiger partial charge in [-0.1, -0.05) is 19.1 Å². The molecule has 5 heterocycles. The van der Waals surface area contributed by atoms with E-state index in [1.807, 2.05) is 41.7 Å². The number of nitrogens with one attached hydrogen (secondary N) is 1. The minimum absolute atomic E-state index is 0.236. The molecule has 0 spiro atoms. The highest BCUT2D eigenvalue weighted by Crippen LogP contribution is 2.32. The van der Waals surface area contributed by atoms with Gasteiger partial charge in [0.25, 0.3) is 0 Å². The van der Waals surface area contributed by atoms with Gasteiger partial charge in [-0.05, 0) is 49.6 Å². The molecule has 0 atom stereocenters. The number of likely N-dealkylation sites (tertiary alicyclic amines) is 1. The topological polar surface area (TPSA) is 67.6 Å². The number of aromatic nitrogens is 6. The third-order valence-electron chi connectivity index (χ3n) is 7.11. The predicted molar refractivity (Wildman–Crippen MR) is 139 cm³/mol. The Bertz CT molecular complexity index is 1470. The molecule has 0 aliphatic carbocycles. The third-order valence-corrected chi connectivity index (χ3v) is 7.11.